The third kappa shape index (κ3) is 5.06. The van der Waals surface area contributed by atoms with Crippen LogP contribution in [0.25, 0.3) is 11.0 Å². The minimum absolute atomic E-state index is 0.0164. The first-order chi connectivity index (χ1) is 16.0. The number of hydrogen-bond acceptors (Lipinski definition) is 6. The van der Waals surface area contributed by atoms with Crippen LogP contribution in [0.15, 0.2) is 35.3 Å². The maximum atomic E-state index is 14.6. The van der Waals surface area contributed by atoms with Gasteiger partial charge in [-0.15, -0.1) is 0 Å². The summed E-state index contributed by atoms with van der Waals surface area (Å²) in [5.74, 6) is -1.72. The van der Waals surface area contributed by atoms with Gasteiger partial charge in [0.15, 0.2) is 0 Å². The third-order valence-electron chi connectivity index (χ3n) is 5.64. The van der Waals surface area contributed by atoms with E-state index in [-0.39, 0.29) is 47.8 Å². The largest absolute Gasteiger partial charge is 0.477 e. The lowest BCUT2D eigenvalue weighted by atomic mass is 9.86. The molecule has 0 saturated carbocycles. The molecule has 0 bridgehead atoms. The zero-order valence-electron chi connectivity index (χ0n) is 19.1. The van der Waals surface area contributed by atoms with Gasteiger partial charge in [0, 0.05) is 19.2 Å². The van der Waals surface area contributed by atoms with Gasteiger partial charge in [0.05, 0.1) is 29.7 Å². The van der Waals surface area contributed by atoms with E-state index in [0.29, 0.717) is 11.4 Å². The van der Waals surface area contributed by atoms with Gasteiger partial charge in [-0.05, 0) is 28.7 Å². The average Bonchev–Trinajstić information content (AvgIpc) is 2.76. The van der Waals surface area contributed by atoms with E-state index >= 15 is 0 Å². The monoisotopic (exact) mass is 491 g/mol. The Kier molecular flexibility index (Phi) is 7.60. The molecular formula is C24H27ClFN3O5. The molecule has 0 saturated heterocycles. The summed E-state index contributed by atoms with van der Waals surface area (Å²) in [6.07, 6.45) is 1.21. The molecule has 0 spiro atoms. The smallest absolute Gasteiger partial charge is 0.341 e. The fraction of sp³-hybridized carbons (Fsp3) is 0.375. The molecule has 0 amide bonds. The van der Waals surface area contributed by atoms with E-state index in [1.807, 2.05) is 20.8 Å². The van der Waals surface area contributed by atoms with E-state index in [2.05, 4.69) is 10.3 Å². The highest BCUT2D eigenvalue weighted by atomic mass is 35.5. The van der Waals surface area contributed by atoms with Crippen LogP contribution in [0, 0.1) is 11.2 Å². The van der Waals surface area contributed by atoms with Crippen molar-refractivity contribution < 1.29 is 24.5 Å². The number of anilines is 1. The molecule has 4 N–H and O–H groups in total. The highest BCUT2D eigenvalue weighted by Crippen LogP contribution is 2.33. The Morgan fingerprint density at radius 3 is 2.56 bits per heavy atom. The molecule has 3 rings (SSSR count). The minimum atomic E-state index is -1.41. The lowest BCUT2D eigenvalue weighted by Crippen LogP contribution is -2.31. The number of hydrogen-bond donors (Lipinski definition) is 4. The van der Waals surface area contributed by atoms with Gasteiger partial charge >= 0.3 is 5.97 Å². The number of nitrogens with zero attached hydrogens (tertiary/aromatic N) is 2. The number of pyridine rings is 2. The second-order valence-corrected chi connectivity index (χ2v) is 9.46. The van der Waals surface area contributed by atoms with Gasteiger partial charge in [0.25, 0.3) is 0 Å². The molecule has 1 atom stereocenters. The van der Waals surface area contributed by atoms with Crippen molar-refractivity contribution in [1.82, 2.24) is 9.55 Å². The van der Waals surface area contributed by atoms with Gasteiger partial charge in [0.2, 0.25) is 5.43 Å². The molecule has 0 aliphatic heterocycles. The van der Waals surface area contributed by atoms with Crippen molar-refractivity contribution in [3.05, 3.63) is 68.2 Å². The van der Waals surface area contributed by atoms with E-state index in [0.717, 1.165) is 0 Å². The zero-order valence-corrected chi connectivity index (χ0v) is 19.9. The van der Waals surface area contributed by atoms with Crippen molar-refractivity contribution in [3.8, 4) is 0 Å². The molecule has 34 heavy (non-hydrogen) atoms. The van der Waals surface area contributed by atoms with Gasteiger partial charge in [-0.3, -0.25) is 4.79 Å². The fourth-order valence-electron chi connectivity index (χ4n) is 3.83. The number of carbonyl (C=O) groups is 1. The first kappa shape index (κ1) is 25.6. The van der Waals surface area contributed by atoms with Crippen LogP contribution < -0.4 is 10.7 Å². The summed E-state index contributed by atoms with van der Waals surface area (Å²) in [4.78, 5) is 29.5. The van der Waals surface area contributed by atoms with E-state index in [1.165, 1.54) is 22.9 Å². The van der Waals surface area contributed by atoms with Crippen LogP contribution in [-0.2, 0) is 6.42 Å². The molecule has 0 aliphatic carbocycles. The van der Waals surface area contributed by atoms with Gasteiger partial charge in [-0.2, -0.15) is 0 Å². The topological polar surface area (TPSA) is 125 Å². The zero-order chi connectivity index (χ0) is 25.2. The number of fused-ring (bicyclic) bond motifs is 1. The van der Waals surface area contributed by atoms with E-state index in [1.54, 1.807) is 12.1 Å². The Hall–Kier alpha value is -3.01. The van der Waals surface area contributed by atoms with Crippen molar-refractivity contribution in [2.45, 2.75) is 33.2 Å². The number of aliphatic hydroxyl groups excluding tert-OH is 2. The number of carboxylic acid groups (broad SMARTS) is 1. The number of halogens is 2. The highest BCUT2D eigenvalue weighted by Gasteiger charge is 2.29. The lowest BCUT2D eigenvalue weighted by Gasteiger charge is -2.32. The van der Waals surface area contributed by atoms with E-state index in [9.17, 15) is 29.3 Å². The molecule has 8 nitrogen and oxygen atoms in total. The Balaban J connectivity index is 2.35. The molecule has 3 aromatic rings. The summed E-state index contributed by atoms with van der Waals surface area (Å²) in [6, 6.07) is 5.45. The molecule has 0 unspecified atom stereocenters. The number of aliphatic hydroxyl groups is 2. The number of aromatic nitrogens is 2. The molecule has 0 aliphatic rings. The summed E-state index contributed by atoms with van der Waals surface area (Å²) >= 11 is 5.91. The van der Waals surface area contributed by atoms with Crippen molar-refractivity contribution in [2.75, 3.05) is 25.1 Å². The maximum absolute atomic E-state index is 14.6. The van der Waals surface area contributed by atoms with Crippen molar-refractivity contribution in [2.24, 2.45) is 5.41 Å². The van der Waals surface area contributed by atoms with Crippen LogP contribution in [0.2, 0.25) is 5.02 Å². The van der Waals surface area contributed by atoms with Crippen LogP contribution in [0.4, 0.5) is 10.2 Å². The Morgan fingerprint density at radius 1 is 1.26 bits per heavy atom. The molecular weight excluding hydrogens is 465 g/mol. The number of carboxylic acids is 1. The highest BCUT2D eigenvalue weighted by molar-refractivity contribution is 6.30. The molecule has 10 heteroatoms. The number of nitrogens with one attached hydrogen (secondary N) is 1. The van der Waals surface area contributed by atoms with Crippen molar-refractivity contribution in [1.29, 1.82) is 0 Å². The third-order valence-corrected chi connectivity index (χ3v) is 5.93. The van der Waals surface area contributed by atoms with Crippen molar-refractivity contribution >= 4 is 34.4 Å². The van der Waals surface area contributed by atoms with Crippen LogP contribution in [0.1, 0.15) is 48.3 Å². The Morgan fingerprint density at radius 2 is 1.97 bits per heavy atom. The standard InChI is InChI=1S/C24H27ClFN3O5/c1-24(2,3)18(12-31)29-11-16(23(33)34)20(32)15-10-14(21(27-7-8-30)28-22(15)29)9-13-5-4-6-17(25)19(13)26/h4-6,10-11,18,30-31H,7-9,12H2,1-3H3,(H,27,28)(H,33,34)/t18-/m1/s1. The molecule has 182 valence electrons. The summed E-state index contributed by atoms with van der Waals surface area (Å²) in [5, 5.41) is 32.0. The summed E-state index contributed by atoms with van der Waals surface area (Å²) in [7, 11) is 0. The molecule has 0 fully saturated rings. The van der Waals surface area contributed by atoms with Crippen LogP contribution in [-0.4, -0.2) is 50.6 Å². The first-order valence-corrected chi connectivity index (χ1v) is 11.1. The fourth-order valence-corrected chi connectivity index (χ4v) is 4.03. The molecule has 2 aromatic heterocycles. The van der Waals surface area contributed by atoms with Crippen LogP contribution >= 0.6 is 11.6 Å². The molecule has 2 heterocycles. The van der Waals surface area contributed by atoms with Gasteiger partial charge in [-0.1, -0.05) is 44.5 Å². The van der Waals surface area contributed by atoms with Gasteiger partial charge in [0.1, 0.15) is 22.8 Å². The quantitative estimate of drug-likeness (QED) is 0.380. The van der Waals surface area contributed by atoms with Gasteiger partial charge < -0.3 is 25.2 Å². The summed E-state index contributed by atoms with van der Waals surface area (Å²) in [5.41, 5.74) is -0.857. The molecule has 1 aromatic carbocycles. The average molecular weight is 492 g/mol. The Bertz CT molecular complexity index is 1290. The maximum Gasteiger partial charge on any atom is 0.341 e. The normalized spacial score (nSPS) is 12.7. The minimum Gasteiger partial charge on any atom is -0.477 e. The number of rotatable bonds is 8. The number of aromatic carboxylic acids is 1. The lowest BCUT2D eigenvalue weighted by molar-refractivity contribution is 0.0692. The second-order valence-electron chi connectivity index (χ2n) is 9.06. The number of benzene rings is 1. The molecule has 0 radical (unpaired) electrons. The van der Waals surface area contributed by atoms with E-state index < -0.39 is 34.2 Å². The summed E-state index contributed by atoms with van der Waals surface area (Å²) < 4.78 is 16.1. The Labute approximate surface area is 200 Å². The SMILES string of the molecule is CC(C)(C)[C@@H](CO)n1cc(C(=O)O)c(=O)c2cc(Cc3cccc(Cl)c3F)c(NCCO)nc21. The van der Waals surface area contributed by atoms with Gasteiger partial charge in [-0.25, -0.2) is 14.2 Å². The predicted molar refractivity (Wildman–Crippen MR) is 128 cm³/mol. The van der Waals surface area contributed by atoms with Crippen LogP contribution in [0.3, 0.4) is 0 Å². The van der Waals surface area contributed by atoms with E-state index in [4.69, 9.17) is 11.6 Å². The van der Waals surface area contributed by atoms with Crippen LogP contribution in [0.5, 0.6) is 0 Å². The second kappa shape index (κ2) is 10.1. The summed E-state index contributed by atoms with van der Waals surface area (Å²) in [6.45, 7) is 5.25. The predicted octanol–water partition coefficient (Wildman–Crippen LogP) is 3.46. The van der Waals surface area contributed by atoms with Crippen molar-refractivity contribution in [3.63, 3.8) is 0 Å². The first-order valence-electron chi connectivity index (χ1n) is 10.7.